The number of aryl methyl sites for hydroxylation is 1. The van der Waals surface area contributed by atoms with Crippen molar-refractivity contribution in [1.29, 1.82) is 0 Å². The first-order chi connectivity index (χ1) is 14.2. The number of rotatable bonds is 9. The van der Waals surface area contributed by atoms with Crippen molar-refractivity contribution >= 4 is 0 Å². The quantitative estimate of drug-likeness (QED) is 0.510. The number of benzene rings is 1. The zero-order chi connectivity index (χ0) is 20.1. The molecule has 0 spiro atoms. The van der Waals surface area contributed by atoms with Crippen LogP contribution in [-0.2, 0) is 16.0 Å². The Hall–Kier alpha value is -2.02. The van der Waals surface area contributed by atoms with Gasteiger partial charge in [0, 0.05) is 38.0 Å². The third-order valence-electron chi connectivity index (χ3n) is 5.64. The minimum Gasteiger partial charge on any atom is -0.467 e. The van der Waals surface area contributed by atoms with E-state index in [9.17, 15) is 0 Å². The van der Waals surface area contributed by atoms with E-state index in [2.05, 4.69) is 40.6 Å². The number of nitrogens with zero attached hydrogens (tertiary/aromatic N) is 2. The molecule has 6 nitrogen and oxygen atoms in total. The Morgan fingerprint density at radius 3 is 2.62 bits per heavy atom. The number of ether oxygens (including phenoxy) is 3. The van der Waals surface area contributed by atoms with Crippen LogP contribution in [0.1, 0.15) is 55.3 Å². The number of aromatic nitrogens is 2. The zero-order valence-corrected chi connectivity index (χ0v) is 17.4. The average Bonchev–Trinajstić information content (AvgIpc) is 3.59. The highest BCUT2D eigenvalue weighted by atomic mass is 16.7. The van der Waals surface area contributed by atoms with Crippen LogP contribution in [0.25, 0.3) is 11.3 Å². The summed E-state index contributed by atoms with van der Waals surface area (Å²) in [5.41, 5.74) is 5.31. The summed E-state index contributed by atoms with van der Waals surface area (Å²) in [5.74, 6) is 1.50. The van der Waals surface area contributed by atoms with Gasteiger partial charge in [-0.05, 0) is 74.8 Å². The van der Waals surface area contributed by atoms with Gasteiger partial charge in [0.05, 0.1) is 11.4 Å². The van der Waals surface area contributed by atoms with E-state index < -0.39 is 0 Å². The third kappa shape index (κ3) is 5.32. The van der Waals surface area contributed by atoms with Crippen molar-refractivity contribution in [2.24, 2.45) is 0 Å². The van der Waals surface area contributed by atoms with Gasteiger partial charge in [-0.2, -0.15) is 10.2 Å². The average molecular weight is 398 g/mol. The van der Waals surface area contributed by atoms with Crippen molar-refractivity contribution in [3.05, 3.63) is 41.1 Å². The van der Waals surface area contributed by atoms with Crippen LogP contribution >= 0.6 is 0 Å². The van der Waals surface area contributed by atoms with E-state index in [-0.39, 0.29) is 6.79 Å². The largest absolute Gasteiger partial charge is 0.467 e. The minimum atomic E-state index is 0.248. The maximum atomic E-state index is 5.97. The van der Waals surface area contributed by atoms with Crippen LogP contribution < -0.4 is 10.1 Å². The standard InChI is InChI=1S/C23H31N3O3/c1-3-27-15-29-22-13-18(17-4-5-17)12-16(2)23(22)21-7-6-20(25-26-21)14-24-19-8-10-28-11-9-19/h6-7,12-13,17,19,24H,3-5,8-11,14-15H2,1-2H3. The molecule has 2 aliphatic rings. The van der Waals surface area contributed by atoms with Gasteiger partial charge in [-0.25, -0.2) is 0 Å². The van der Waals surface area contributed by atoms with Gasteiger partial charge in [-0.1, -0.05) is 6.07 Å². The van der Waals surface area contributed by atoms with Crippen LogP contribution in [0.15, 0.2) is 24.3 Å². The summed E-state index contributed by atoms with van der Waals surface area (Å²) in [4.78, 5) is 0. The van der Waals surface area contributed by atoms with Crippen LogP contribution in [0.4, 0.5) is 0 Å². The molecular formula is C23H31N3O3. The molecule has 1 saturated heterocycles. The second-order valence-electron chi connectivity index (χ2n) is 7.92. The molecule has 2 heterocycles. The lowest BCUT2D eigenvalue weighted by Gasteiger charge is -2.22. The fraction of sp³-hybridized carbons (Fsp3) is 0.565. The first-order valence-electron chi connectivity index (χ1n) is 10.7. The number of hydrogen-bond acceptors (Lipinski definition) is 6. The molecule has 29 heavy (non-hydrogen) atoms. The van der Waals surface area contributed by atoms with Crippen LogP contribution in [-0.4, -0.2) is 42.9 Å². The fourth-order valence-electron chi connectivity index (χ4n) is 3.80. The lowest BCUT2D eigenvalue weighted by molar-refractivity contribution is 0.0227. The first-order valence-corrected chi connectivity index (χ1v) is 10.7. The van der Waals surface area contributed by atoms with E-state index in [0.717, 1.165) is 55.3 Å². The summed E-state index contributed by atoms with van der Waals surface area (Å²) < 4.78 is 16.8. The SMILES string of the molecule is CCOCOc1cc(C2CC2)cc(C)c1-c1ccc(CNC2CCOCC2)nn1. The predicted molar refractivity (Wildman–Crippen MR) is 112 cm³/mol. The summed E-state index contributed by atoms with van der Waals surface area (Å²) in [6, 6.07) is 9.01. The van der Waals surface area contributed by atoms with Crippen LogP contribution in [0, 0.1) is 6.92 Å². The summed E-state index contributed by atoms with van der Waals surface area (Å²) in [7, 11) is 0. The molecule has 0 bridgehead atoms. The molecule has 1 aliphatic heterocycles. The van der Waals surface area contributed by atoms with Crippen LogP contribution in [0.3, 0.4) is 0 Å². The van der Waals surface area contributed by atoms with Crippen LogP contribution in [0.5, 0.6) is 5.75 Å². The second-order valence-corrected chi connectivity index (χ2v) is 7.92. The monoisotopic (exact) mass is 397 g/mol. The Morgan fingerprint density at radius 1 is 1.10 bits per heavy atom. The highest BCUT2D eigenvalue weighted by Gasteiger charge is 2.26. The van der Waals surface area contributed by atoms with Crippen molar-refractivity contribution in [1.82, 2.24) is 15.5 Å². The lowest BCUT2D eigenvalue weighted by atomic mass is 9.98. The third-order valence-corrected chi connectivity index (χ3v) is 5.64. The molecule has 2 aromatic rings. The fourth-order valence-corrected chi connectivity index (χ4v) is 3.80. The van der Waals surface area contributed by atoms with Crippen molar-refractivity contribution < 1.29 is 14.2 Å². The van der Waals surface area contributed by atoms with E-state index in [1.165, 1.54) is 24.0 Å². The topological polar surface area (TPSA) is 65.5 Å². The molecule has 1 saturated carbocycles. The van der Waals surface area contributed by atoms with E-state index in [4.69, 9.17) is 14.2 Å². The Balaban J connectivity index is 1.49. The van der Waals surface area contributed by atoms with Crippen LogP contribution in [0.2, 0.25) is 0 Å². The van der Waals surface area contributed by atoms with Gasteiger partial charge in [-0.3, -0.25) is 0 Å². The van der Waals surface area contributed by atoms with Gasteiger partial charge in [0.2, 0.25) is 0 Å². The summed E-state index contributed by atoms with van der Waals surface area (Å²) in [6.45, 7) is 7.37. The Labute approximate surface area is 173 Å². The Kier molecular flexibility index (Phi) is 6.74. The van der Waals surface area contributed by atoms with Gasteiger partial charge in [0.25, 0.3) is 0 Å². The van der Waals surface area contributed by atoms with Crippen molar-refractivity contribution in [3.8, 4) is 17.0 Å². The smallest absolute Gasteiger partial charge is 0.189 e. The second kappa shape index (κ2) is 9.65. The van der Waals surface area contributed by atoms with Crippen molar-refractivity contribution in [3.63, 3.8) is 0 Å². The highest BCUT2D eigenvalue weighted by molar-refractivity contribution is 5.71. The Morgan fingerprint density at radius 2 is 1.93 bits per heavy atom. The molecule has 0 atom stereocenters. The Bertz CT molecular complexity index is 800. The first kappa shape index (κ1) is 20.3. The predicted octanol–water partition coefficient (Wildman–Crippen LogP) is 3.97. The molecule has 1 N–H and O–H groups in total. The maximum absolute atomic E-state index is 5.97. The van der Waals surface area contributed by atoms with E-state index in [1.807, 2.05) is 13.0 Å². The van der Waals surface area contributed by atoms with E-state index >= 15 is 0 Å². The zero-order valence-electron chi connectivity index (χ0n) is 17.4. The number of hydrogen-bond donors (Lipinski definition) is 1. The molecule has 4 rings (SSSR count). The molecule has 0 radical (unpaired) electrons. The van der Waals surface area contributed by atoms with E-state index in [1.54, 1.807) is 0 Å². The summed E-state index contributed by atoms with van der Waals surface area (Å²) >= 11 is 0. The van der Waals surface area contributed by atoms with Gasteiger partial charge < -0.3 is 19.5 Å². The highest BCUT2D eigenvalue weighted by Crippen LogP contribution is 2.44. The maximum Gasteiger partial charge on any atom is 0.189 e. The molecule has 2 fully saturated rings. The van der Waals surface area contributed by atoms with Gasteiger partial charge in [-0.15, -0.1) is 0 Å². The minimum absolute atomic E-state index is 0.248. The van der Waals surface area contributed by atoms with Crippen molar-refractivity contribution in [2.45, 2.75) is 58.0 Å². The van der Waals surface area contributed by atoms with Gasteiger partial charge in [0.15, 0.2) is 6.79 Å². The summed E-state index contributed by atoms with van der Waals surface area (Å²) in [5, 5.41) is 12.5. The normalized spacial score (nSPS) is 17.4. The molecular weight excluding hydrogens is 366 g/mol. The lowest BCUT2D eigenvalue weighted by Crippen LogP contribution is -2.34. The molecule has 6 heteroatoms. The van der Waals surface area contributed by atoms with Gasteiger partial charge >= 0.3 is 0 Å². The molecule has 1 aromatic carbocycles. The van der Waals surface area contributed by atoms with Gasteiger partial charge in [0.1, 0.15) is 5.75 Å². The molecule has 156 valence electrons. The van der Waals surface area contributed by atoms with E-state index in [0.29, 0.717) is 18.6 Å². The van der Waals surface area contributed by atoms with Crippen molar-refractivity contribution in [2.75, 3.05) is 26.6 Å². The summed E-state index contributed by atoms with van der Waals surface area (Å²) in [6.07, 6.45) is 4.63. The molecule has 1 aromatic heterocycles. The molecule has 0 amide bonds. The molecule has 0 unspecified atom stereocenters. The molecule has 1 aliphatic carbocycles. The number of nitrogens with one attached hydrogen (secondary N) is 1.